The molecule has 0 bridgehead atoms. The highest BCUT2D eigenvalue weighted by atomic mass is 16.5. The normalized spacial score (nSPS) is 9.92. The molecule has 0 aliphatic rings. The van der Waals surface area contributed by atoms with Crippen LogP contribution < -0.4 is 0 Å². The van der Waals surface area contributed by atoms with Gasteiger partial charge in [-0.15, -0.1) is 0 Å². The number of aliphatic hydroxyl groups is 3. The van der Waals surface area contributed by atoms with E-state index in [0.717, 1.165) is 0 Å². The van der Waals surface area contributed by atoms with Crippen molar-refractivity contribution in [3.05, 3.63) is 35.4 Å². The van der Waals surface area contributed by atoms with E-state index in [1.54, 1.807) is 17.0 Å². The molecule has 1 rings (SSSR count). The Morgan fingerprint density at radius 3 is 1.42 bits per heavy atom. The summed E-state index contributed by atoms with van der Waals surface area (Å²) in [6.45, 7) is 1.75. The molecular formula is C16H25NO7. The topological polar surface area (TPSA) is 117 Å². The summed E-state index contributed by atoms with van der Waals surface area (Å²) >= 11 is 0. The fourth-order valence-electron chi connectivity index (χ4n) is 1.82. The molecule has 8 nitrogen and oxygen atoms in total. The lowest BCUT2D eigenvalue weighted by molar-refractivity contribution is 0.0555. The van der Waals surface area contributed by atoms with Gasteiger partial charge in [0.15, 0.2) is 0 Å². The zero-order valence-electron chi connectivity index (χ0n) is 14.0. The van der Waals surface area contributed by atoms with Crippen molar-refractivity contribution in [1.82, 2.24) is 4.90 Å². The molecule has 0 saturated carbocycles. The van der Waals surface area contributed by atoms with Gasteiger partial charge in [-0.05, 0) is 12.1 Å². The summed E-state index contributed by atoms with van der Waals surface area (Å²) in [5, 5.41) is 25.5. The van der Waals surface area contributed by atoms with Gasteiger partial charge in [-0.2, -0.15) is 0 Å². The Morgan fingerprint density at radius 1 is 0.833 bits per heavy atom. The highest BCUT2D eigenvalue weighted by Gasteiger charge is 2.16. The monoisotopic (exact) mass is 343 g/mol. The molecule has 0 amide bonds. The van der Waals surface area contributed by atoms with Gasteiger partial charge in [0, 0.05) is 19.6 Å². The summed E-state index contributed by atoms with van der Waals surface area (Å²) in [4.78, 5) is 24.2. The molecule has 0 heterocycles. The van der Waals surface area contributed by atoms with Crippen LogP contribution in [0, 0.1) is 0 Å². The first kappa shape index (κ1) is 22.0. The molecule has 0 unspecified atom stereocenters. The number of hydrogen-bond acceptors (Lipinski definition) is 8. The summed E-state index contributed by atoms with van der Waals surface area (Å²) in [6, 6.07) is 6.33. The molecule has 1 aromatic rings. The SMILES string of the molecule is COC(=O)c1ccccc1C(=O)OC.OCCN(CCO)CCO. The predicted molar refractivity (Wildman–Crippen MR) is 86.8 cm³/mol. The van der Waals surface area contributed by atoms with Crippen LogP contribution >= 0.6 is 0 Å². The van der Waals surface area contributed by atoms with Crippen molar-refractivity contribution in [1.29, 1.82) is 0 Å². The minimum Gasteiger partial charge on any atom is -0.465 e. The third-order valence-corrected chi connectivity index (χ3v) is 2.99. The molecular weight excluding hydrogens is 318 g/mol. The van der Waals surface area contributed by atoms with Gasteiger partial charge >= 0.3 is 11.9 Å². The van der Waals surface area contributed by atoms with Crippen LogP contribution in [0.25, 0.3) is 0 Å². The van der Waals surface area contributed by atoms with E-state index >= 15 is 0 Å². The van der Waals surface area contributed by atoms with E-state index in [9.17, 15) is 9.59 Å². The standard InChI is InChI=1S/C10H10O4.C6H15NO3/c1-13-9(11)7-5-3-4-6-8(7)10(12)14-2;8-4-1-7(2-5-9)3-6-10/h3-6H,1-2H3;8-10H,1-6H2. The van der Waals surface area contributed by atoms with E-state index in [1.807, 2.05) is 0 Å². The van der Waals surface area contributed by atoms with Gasteiger partial charge in [-0.25, -0.2) is 9.59 Å². The molecule has 0 aromatic heterocycles. The molecule has 24 heavy (non-hydrogen) atoms. The molecule has 0 aliphatic carbocycles. The van der Waals surface area contributed by atoms with Gasteiger partial charge in [0.1, 0.15) is 0 Å². The highest BCUT2D eigenvalue weighted by Crippen LogP contribution is 2.10. The largest absolute Gasteiger partial charge is 0.465 e. The van der Waals surface area contributed by atoms with E-state index in [-0.39, 0.29) is 30.9 Å². The Kier molecular flexibility index (Phi) is 12.3. The maximum absolute atomic E-state index is 11.2. The number of benzene rings is 1. The van der Waals surface area contributed by atoms with Gasteiger partial charge in [-0.1, -0.05) is 12.1 Å². The van der Waals surface area contributed by atoms with E-state index in [4.69, 9.17) is 15.3 Å². The highest BCUT2D eigenvalue weighted by molar-refractivity contribution is 6.02. The van der Waals surface area contributed by atoms with Crippen molar-refractivity contribution in [2.45, 2.75) is 0 Å². The number of nitrogens with zero attached hydrogens (tertiary/aromatic N) is 1. The lowest BCUT2D eigenvalue weighted by atomic mass is 10.1. The third kappa shape index (κ3) is 8.02. The Bertz CT molecular complexity index is 444. The molecule has 0 radical (unpaired) electrons. The van der Waals surface area contributed by atoms with Crippen molar-refractivity contribution in [2.24, 2.45) is 0 Å². The van der Waals surface area contributed by atoms with Gasteiger partial charge in [-0.3, -0.25) is 4.90 Å². The quantitative estimate of drug-likeness (QED) is 0.542. The van der Waals surface area contributed by atoms with Gasteiger partial charge in [0.2, 0.25) is 0 Å². The second-order valence-corrected chi connectivity index (χ2v) is 4.54. The third-order valence-electron chi connectivity index (χ3n) is 2.99. The number of methoxy groups -OCH3 is 2. The molecule has 3 N–H and O–H groups in total. The first-order valence-electron chi connectivity index (χ1n) is 7.36. The van der Waals surface area contributed by atoms with Crippen LogP contribution in [-0.2, 0) is 9.47 Å². The van der Waals surface area contributed by atoms with Crippen LogP contribution in [0.2, 0.25) is 0 Å². The second kappa shape index (κ2) is 13.4. The lowest BCUT2D eigenvalue weighted by Gasteiger charge is -2.17. The summed E-state index contributed by atoms with van der Waals surface area (Å²) in [5.74, 6) is -1.10. The number of ether oxygens (including phenoxy) is 2. The summed E-state index contributed by atoms with van der Waals surface area (Å²) in [7, 11) is 2.52. The molecule has 0 atom stereocenters. The van der Waals surface area contributed by atoms with E-state index < -0.39 is 11.9 Å². The number of rotatable bonds is 8. The first-order chi connectivity index (χ1) is 11.5. The summed E-state index contributed by atoms with van der Waals surface area (Å²) in [5.41, 5.74) is 0.420. The second-order valence-electron chi connectivity index (χ2n) is 4.54. The molecule has 0 saturated heterocycles. The number of aliphatic hydroxyl groups excluding tert-OH is 3. The molecule has 0 fully saturated rings. The van der Waals surface area contributed by atoms with Crippen LogP contribution in [0.3, 0.4) is 0 Å². The fourth-order valence-corrected chi connectivity index (χ4v) is 1.82. The van der Waals surface area contributed by atoms with Gasteiger partial charge in [0.25, 0.3) is 0 Å². The maximum Gasteiger partial charge on any atom is 0.338 e. The molecule has 8 heteroatoms. The van der Waals surface area contributed by atoms with Gasteiger partial charge < -0.3 is 24.8 Å². The van der Waals surface area contributed by atoms with E-state index in [1.165, 1.54) is 26.4 Å². The minimum absolute atomic E-state index is 0.0694. The van der Waals surface area contributed by atoms with Gasteiger partial charge in [0.05, 0.1) is 45.2 Å². The summed E-state index contributed by atoms with van der Waals surface area (Å²) in [6.07, 6.45) is 0. The average molecular weight is 343 g/mol. The summed E-state index contributed by atoms with van der Waals surface area (Å²) < 4.78 is 9.05. The molecule has 136 valence electrons. The van der Waals surface area contributed by atoms with Crippen LogP contribution in [0.15, 0.2) is 24.3 Å². The molecule has 0 aliphatic heterocycles. The van der Waals surface area contributed by atoms with Crippen LogP contribution in [0.1, 0.15) is 20.7 Å². The Morgan fingerprint density at radius 2 is 1.17 bits per heavy atom. The Hall–Kier alpha value is -2.00. The first-order valence-corrected chi connectivity index (χ1v) is 7.36. The molecule has 0 spiro atoms. The van der Waals surface area contributed by atoms with E-state index in [2.05, 4.69) is 9.47 Å². The lowest BCUT2D eigenvalue weighted by Crippen LogP contribution is -2.32. The van der Waals surface area contributed by atoms with Crippen LogP contribution in [0.4, 0.5) is 0 Å². The minimum atomic E-state index is -0.550. The number of carbonyl (C=O) groups excluding carboxylic acids is 2. The smallest absolute Gasteiger partial charge is 0.338 e. The van der Waals surface area contributed by atoms with Crippen LogP contribution in [-0.4, -0.2) is 85.8 Å². The average Bonchev–Trinajstić information content (AvgIpc) is 2.61. The van der Waals surface area contributed by atoms with Crippen molar-refractivity contribution in [3.63, 3.8) is 0 Å². The number of esters is 2. The van der Waals surface area contributed by atoms with Crippen molar-refractivity contribution in [3.8, 4) is 0 Å². The maximum atomic E-state index is 11.2. The zero-order valence-corrected chi connectivity index (χ0v) is 14.0. The Balaban J connectivity index is 0.000000470. The van der Waals surface area contributed by atoms with Crippen molar-refractivity contribution >= 4 is 11.9 Å². The van der Waals surface area contributed by atoms with Crippen molar-refractivity contribution in [2.75, 3.05) is 53.7 Å². The zero-order chi connectivity index (χ0) is 18.4. The number of hydrogen-bond donors (Lipinski definition) is 3. The predicted octanol–water partition coefficient (Wildman–Crippen LogP) is -0.475. The molecule has 1 aromatic carbocycles. The number of carbonyl (C=O) groups is 2. The van der Waals surface area contributed by atoms with Crippen LogP contribution in [0.5, 0.6) is 0 Å². The Labute approximate surface area is 141 Å². The fraction of sp³-hybridized carbons (Fsp3) is 0.500. The van der Waals surface area contributed by atoms with E-state index in [0.29, 0.717) is 19.6 Å². The van der Waals surface area contributed by atoms with Crippen molar-refractivity contribution < 1.29 is 34.4 Å².